The Morgan fingerprint density at radius 3 is 2.55 bits per heavy atom. The van der Waals surface area contributed by atoms with E-state index in [1.807, 2.05) is 13.8 Å². The van der Waals surface area contributed by atoms with Crippen molar-refractivity contribution >= 4 is 0 Å². The highest BCUT2D eigenvalue weighted by Crippen LogP contribution is 2.31. The Balaban J connectivity index is 1.92. The van der Waals surface area contributed by atoms with E-state index >= 15 is 0 Å². The highest BCUT2D eigenvalue weighted by Gasteiger charge is 2.20. The molecule has 0 amide bonds. The summed E-state index contributed by atoms with van der Waals surface area (Å²) in [5.41, 5.74) is 0. The van der Waals surface area contributed by atoms with Gasteiger partial charge >= 0.3 is 0 Å². The minimum atomic E-state index is -0.228. The first kappa shape index (κ1) is 9.01. The summed E-state index contributed by atoms with van der Waals surface area (Å²) in [6.07, 6.45) is 3.90. The number of hydrogen-bond acceptors (Lipinski definition) is 2. The van der Waals surface area contributed by atoms with Gasteiger partial charge in [-0.3, -0.25) is 0 Å². The maximum absolute atomic E-state index is 9.14. The van der Waals surface area contributed by atoms with Crippen LogP contribution in [-0.2, 0) is 0 Å². The molecule has 0 spiro atoms. The second-order valence-corrected chi connectivity index (χ2v) is 3.72. The third-order valence-corrected chi connectivity index (χ3v) is 2.44. The SMILES string of the molecule is CC(O)C(C)NCCC1CC1. The van der Waals surface area contributed by atoms with Crippen LogP contribution in [-0.4, -0.2) is 23.8 Å². The molecule has 11 heavy (non-hydrogen) atoms. The molecular weight excluding hydrogens is 138 g/mol. The molecule has 0 aliphatic heterocycles. The first-order valence-corrected chi connectivity index (χ1v) is 4.61. The van der Waals surface area contributed by atoms with Gasteiger partial charge in [-0.05, 0) is 32.7 Å². The first-order chi connectivity index (χ1) is 5.20. The number of aliphatic hydroxyl groups is 1. The van der Waals surface area contributed by atoms with Gasteiger partial charge in [-0.2, -0.15) is 0 Å². The summed E-state index contributed by atoms with van der Waals surface area (Å²) in [5, 5.41) is 12.4. The second-order valence-electron chi connectivity index (χ2n) is 3.72. The van der Waals surface area contributed by atoms with Crippen LogP contribution in [0.1, 0.15) is 33.1 Å². The van der Waals surface area contributed by atoms with Gasteiger partial charge in [0.2, 0.25) is 0 Å². The molecule has 1 fully saturated rings. The van der Waals surface area contributed by atoms with Gasteiger partial charge in [-0.25, -0.2) is 0 Å². The van der Waals surface area contributed by atoms with Crippen LogP contribution in [0.15, 0.2) is 0 Å². The van der Waals surface area contributed by atoms with Crippen molar-refractivity contribution in [3.8, 4) is 0 Å². The van der Waals surface area contributed by atoms with E-state index in [1.54, 1.807) is 0 Å². The fourth-order valence-corrected chi connectivity index (χ4v) is 1.09. The Morgan fingerprint density at radius 1 is 1.45 bits per heavy atom. The molecule has 1 aliphatic carbocycles. The van der Waals surface area contributed by atoms with Crippen LogP contribution in [0.5, 0.6) is 0 Å². The summed E-state index contributed by atoms with van der Waals surface area (Å²) in [6, 6.07) is 0.244. The largest absolute Gasteiger partial charge is 0.392 e. The van der Waals surface area contributed by atoms with E-state index in [9.17, 15) is 0 Å². The average Bonchev–Trinajstić information content (AvgIpc) is 2.71. The van der Waals surface area contributed by atoms with Crippen LogP contribution >= 0.6 is 0 Å². The summed E-state index contributed by atoms with van der Waals surface area (Å²) in [7, 11) is 0. The summed E-state index contributed by atoms with van der Waals surface area (Å²) in [4.78, 5) is 0. The van der Waals surface area contributed by atoms with Crippen molar-refractivity contribution in [1.29, 1.82) is 0 Å². The molecule has 2 heteroatoms. The van der Waals surface area contributed by atoms with E-state index in [2.05, 4.69) is 5.32 Å². The smallest absolute Gasteiger partial charge is 0.0662 e. The van der Waals surface area contributed by atoms with E-state index in [0.29, 0.717) is 0 Å². The minimum Gasteiger partial charge on any atom is -0.392 e. The van der Waals surface area contributed by atoms with Crippen molar-refractivity contribution < 1.29 is 5.11 Å². The monoisotopic (exact) mass is 157 g/mol. The fraction of sp³-hybridized carbons (Fsp3) is 1.00. The molecule has 0 aromatic heterocycles. The first-order valence-electron chi connectivity index (χ1n) is 4.61. The topological polar surface area (TPSA) is 32.3 Å². The lowest BCUT2D eigenvalue weighted by Gasteiger charge is -2.15. The molecule has 0 saturated heterocycles. The van der Waals surface area contributed by atoms with E-state index in [-0.39, 0.29) is 12.1 Å². The lowest BCUT2D eigenvalue weighted by atomic mass is 10.2. The fourth-order valence-electron chi connectivity index (χ4n) is 1.09. The van der Waals surface area contributed by atoms with E-state index < -0.39 is 0 Å². The number of aliphatic hydroxyl groups excluding tert-OH is 1. The molecule has 0 bridgehead atoms. The van der Waals surface area contributed by atoms with Crippen molar-refractivity contribution in [3.05, 3.63) is 0 Å². The molecule has 1 rings (SSSR count). The van der Waals surface area contributed by atoms with E-state index in [4.69, 9.17) is 5.11 Å². The third-order valence-electron chi connectivity index (χ3n) is 2.44. The van der Waals surface area contributed by atoms with Crippen LogP contribution < -0.4 is 5.32 Å². The summed E-state index contributed by atoms with van der Waals surface area (Å²) in [5.74, 6) is 0.990. The van der Waals surface area contributed by atoms with Gasteiger partial charge in [-0.15, -0.1) is 0 Å². The molecule has 2 nitrogen and oxygen atoms in total. The van der Waals surface area contributed by atoms with Crippen LogP contribution in [0.4, 0.5) is 0 Å². The van der Waals surface area contributed by atoms with Gasteiger partial charge < -0.3 is 10.4 Å². The second kappa shape index (κ2) is 4.07. The average molecular weight is 157 g/mol. The number of hydrogen-bond donors (Lipinski definition) is 2. The van der Waals surface area contributed by atoms with Crippen LogP contribution in [0.25, 0.3) is 0 Å². The van der Waals surface area contributed by atoms with Gasteiger partial charge in [0.05, 0.1) is 6.10 Å². The Hall–Kier alpha value is -0.0800. The van der Waals surface area contributed by atoms with Gasteiger partial charge in [0.25, 0.3) is 0 Å². The van der Waals surface area contributed by atoms with Gasteiger partial charge in [0.1, 0.15) is 0 Å². The van der Waals surface area contributed by atoms with E-state index in [1.165, 1.54) is 19.3 Å². The lowest BCUT2D eigenvalue weighted by Crippen LogP contribution is -2.36. The predicted molar refractivity (Wildman–Crippen MR) is 46.5 cm³/mol. The van der Waals surface area contributed by atoms with Crippen molar-refractivity contribution in [1.82, 2.24) is 5.32 Å². The molecule has 0 aromatic rings. The third kappa shape index (κ3) is 3.73. The highest BCUT2D eigenvalue weighted by molar-refractivity contribution is 4.75. The standard InChI is InChI=1S/C9H19NO/c1-7(8(2)11)10-6-5-9-3-4-9/h7-11H,3-6H2,1-2H3. The zero-order valence-corrected chi connectivity index (χ0v) is 7.51. The van der Waals surface area contributed by atoms with Gasteiger partial charge in [0.15, 0.2) is 0 Å². The molecule has 66 valence electrons. The summed E-state index contributed by atoms with van der Waals surface area (Å²) in [6.45, 7) is 4.92. The normalized spacial score (nSPS) is 23.2. The predicted octanol–water partition coefficient (Wildman–Crippen LogP) is 1.15. The van der Waals surface area contributed by atoms with Crippen molar-refractivity contribution in [2.24, 2.45) is 5.92 Å². The number of rotatable bonds is 5. The molecule has 0 radical (unpaired) electrons. The lowest BCUT2D eigenvalue weighted by molar-refractivity contribution is 0.152. The Labute approximate surface area is 69.0 Å². The minimum absolute atomic E-state index is 0.228. The molecule has 1 aliphatic rings. The molecular formula is C9H19NO. The summed E-state index contributed by atoms with van der Waals surface area (Å²) < 4.78 is 0. The summed E-state index contributed by atoms with van der Waals surface area (Å²) >= 11 is 0. The quantitative estimate of drug-likeness (QED) is 0.627. The van der Waals surface area contributed by atoms with Gasteiger partial charge in [-0.1, -0.05) is 12.8 Å². The maximum Gasteiger partial charge on any atom is 0.0662 e. The highest BCUT2D eigenvalue weighted by atomic mass is 16.3. The van der Waals surface area contributed by atoms with Crippen molar-refractivity contribution in [2.45, 2.75) is 45.3 Å². The van der Waals surface area contributed by atoms with Gasteiger partial charge in [0, 0.05) is 6.04 Å². The molecule has 0 aromatic carbocycles. The Bertz CT molecular complexity index is 110. The van der Waals surface area contributed by atoms with Crippen LogP contribution in [0, 0.1) is 5.92 Å². The molecule has 0 heterocycles. The zero-order chi connectivity index (χ0) is 8.27. The Kier molecular flexibility index (Phi) is 3.34. The Morgan fingerprint density at radius 2 is 2.09 bits per heavy atom. The van der Waals surface area contributed by atoms with Crippen molar-refractivity contribution in [2.75, 3.05) is 6.54 Å². The molecule has 2 unspecified atom stereocenters. The van der Waals surface area contributed by atoms with Crippen molar-refractivity contribution in [3.63, 3.8) is 0 Å². The zero-order valence-electron chi connectivity index (χ0n) is 7.51. The molecule has 2 atom stereocenters. The molecule has 1 saturated carbocycles. The van der Waals surface area contributed by atoms with Crippen LogP contribution in [0.2, 0.25) is 0 Å². The number of nitrogens with one attached hydrogen (secondary N) is 1. The molecule has 2 N–H and O–H groups in total. The van der Waals surface area contributed by atoms with Crippen LogP contribution in [0.3, 0.4) is 0 Å². The van der Waals surface area contributed by atoms with E-state index in [0.717, 1.165) is 12.5 Å². The maximum atomic E-state index is 9.14.